The molecular formula is C19H22ClNO4. The largest absolute Gasteiger partial charge is 0.493 e. The topological polar surface area (TPSA) is 67.8 Å². The maximum absolute atomic E-state index is 11.6. The van der Waals surface area contributed by atoms with Gasteiger partial charge in [-0.3, -0.25) is 10.1 Å². The highest BCUT2D eigenvalue weighted by molar-refractivity contribution is 6.30. The minimum atomic E-state index is -0.943. The smallest absolute Gasteiger partial charge is 0.325 e. The molecule has 134 valence electrons. The molecule has 0 heterocycles. The predicted molar refractivity (Wildman–Crippen MR) is 97.7 cm³/mol. The van der Waals surface area contributed by atoms with Gasteiger partial charge in [-0.15, -0.1) is 0 Å². The van der Waals surface area contributed by atoms with Gasteiger partial charge in [-0.2, -0.15) is 0 Å². The van der Waals surface area contributed by atoms with Crippen LogP contribution in [0.5, 0.6) is 11.5 Å². The second kappa shape index (κ2) is 8.74. The van der Waals surface area contributed by atoms with E-state index in [1.54, 1.807) is 38.5 Å². The lowest BCUT2D eigenvalue weighted by Crippen LogP contribution is -2.36. The number of rotatable bonds is 8. The molecule has 25 heavy (non-hydrogen) atoms. The third-order valence-electron chi connectivity index (χ3n) is 3.87. The zero-order chi connectivity index (χ0) is 18.4. The Hall–Kier alpha value is -2.24. The van der Waals surface area contributed by atoms with E-state index < -0.39 is 12.0 Å². The van der Waals surface area contributed by atoms with Crippen LogP contribution in [0.25, 0.3) is 0 Å². The van der Waals surface area contributed by atoms with Crippen molar-refractivity contribution in [1.82, 2.24) is 5.32 Å². The summed E-state index contributed by atoms with van der Waals surface area (Å²) in [5.41, 5.74) is 1.65. The first kappa shape index (κ1) is 19.1. The normalized spacial score (nSPS) is 13.1. The second-order valence-corrected chi connectivity index (χ2v) is 6.22. The molecule has 0 saturated heterocycles. The average Bonchev–Trinajstić information content (AvgIpc) is 2.59. The summed E-state index contributed by atoms with van der Waals surface area (Å²) < 4.78 is 10.5. The number of nitrogens with one attached hydrogen (secondary N) is 1. The lowest BCUT2D eigenvalue weighted by Gasteiger charge is -2.21. The van der Waals surface area contributed by atoms with E-state index in [-0.39, 0.29) is 6.04 Å². The Bertz CT molecular complexity index is 735. The van der Waals surface area contributed by atoms with Crippen LogP contribution in [0.2, 0.25) is 5.02 Å². The Morgan fingerprint density at radius 2 is 1.88 bits per heavy atom. The van der Waals surface area contributed by atoms with Crippen molar-refractivity contribution in [1.29, 1.82) is 0 Å². The van der Waals surface area contributed by atoms with Crippen molar-refractivity contribution in [2.24, 2.45) is 0 Å². The molecule has 0 radical (unpaired) electrons. The fourth-order valence-corrected chi connectivity index (χ4v) is 2.90. The number of carbonyl (C=O) groups is 1. The fourth-order valence-electron chi connectivity index (χ4n) is 2.70. The molecule has 0 saturated carbocycles. The zero-order valence-electron chi connectivity index (χ0n) is 14.5. The number of hydrogen-bond acceptors (Lipinski definition) is 4. The van der Waals surface area contributed by atoms with Gasteiger partial charge in [-0.05, 0) is 48.7 Å². The molecule has 1 unspecified atom stereocenters. The van der Waals surface area contributed by atoms with Gasteiger partial charge in [0.05, 0.1) is 14.2 Å². The summed E-state index contributed by atoms with van der Waals surface area (Å²) in [7, 11) is 3.17. The number of carboxylic acid groups (broad SMARTS) is 1. The Morgan fingerprint density at radius 3 is 2.48 bits per heavy atom. The van der Waals surface area contributed by atoms with E-state index in [1.165, 1.54) is 0 Å². The Kier molecular flexibility index (Phi) is 6.67. The number of carboxylic acids is 1. The van der Waals surface area contributed by atoms with Gasteiger partial charge in [0.1, 0.15) is 6.04 Å². The first-order chi connectivity index (χ1) is 11.9. The van der Waals surface area contributed by atoms with E-state index in [0.717, 1.165) is 5.56 Å². The summed E-state index contributed by atoms with van der Waals surface area (Å²) in [5.74, 6) is 0.368. The minimum Gasteiger partial charge on any atom is -0.493 e. The van der Waals surface area contributed by atoms with E-state index in [4.69, 9.17) is 21.1 Å². The lowest BCUT2D eigenvalue weighted by atomic mass is 10.0. The van der Waals surface area contributed by atoms with E-state index in [0.29, 0.717) is 28.5 Å². The lowest BCUT2D eigenvalue weighted by molar-refractivity contribution is -0.139. The van der Waals surface area contributed by atoms with Gasteiger partial charge in [0, 0.05) is 11.1 Å². The number of hydrogen-bond donors (Lipinski definition) is 2. The zero-order valence-corrected chi connectivity index (χ0v) is 15.2. The van der Waals surface area contributed by atoms with Crippen LogP contribution < -0.4 is 14.8 Å². The van der Waals surface area contributed by atoms with E-state index >= 15 is 0 Å². The monoisotopic (exact) mass is 363 g/mol. The van der Waals surface area contributed by atoms with Gasteiger partial charge >= 0.3 is 5.97 Å². The van der Waals surface area contributed by atoms with Crippen molar-refractivity contribution in [2.45, 2.75) is 25.4 Å². The summed E-state index contributed by atoms with van der Waals surface area (Å²) in [6.45, 7) is 1.94. The molecule has 0 fully saturated rings. The molecule has 2 aromatic carbocycles. The summed E-state index contributed by atoms with van der Waals surface area (Å²) in [6.07, 6.45) is 0.644. The molecule has 5 nitrogen and oxygen atoms in total. The Balaban J connectivity index is 2.11. The third kappa shape index (κ3) is 5.11. The van der Waals surface area contributed by atoms with Crippen molar-refractivity contribution in [2.75, 3.05) is 14.2 Å². The summed E-state index contributed by atoms with van der Waals surface area (Å²) >= 11 is 5.98. The minimum absolute atomic E-state index is 0.0711. The first-order valence-electron chi connectivity index (χ1n) is 7.89. The van der Waals surface area contributed by atoms with Gasteiger partial charge in [0.25, 0.3) is 0 Å². The van der Waals surface area contributed by atoms with Crippen LogP contribution in [0, 0.1) is 0 Å². The van der Waals surface area contributed by atoms with E-state index in [1.807, 2.05) is 25.1 Å². The Labute approximate surface area is 152 Å². The van der Waals surface area contributed by atoms with E-state index in [9.17, 15) is 9.90 Å². The highest BCUT2D eigenvalue weighted by Gasteiger charge is 2.22. The van der Waals surface area contributed by atoms with Crippen LogP contribution in [0.4, 0.5) is 0 Å². The summed E-state index contributed by atoms with van der Waals surface area (Å²) in [6, 6.07) is 11.7. The first-order valence-corrected chi connectivity index (χ1v) is 8.27. The molecule has 0 amide bonds. The molecule has 0 aliphatic rings. The van der Waals surface area contributed by atoms with Gasteiger partial charge in [0.2, 0.25) is 0 Å². The molecule has 0 aromatic heterocycles. The van der Waals surface area contributed by atoms with Crippen LogP contribution >= 0.6 is 11.6 Å². The second-order valence-electron chi connectivity index (χ2n) is 5.79. The maximum Gasteiger partial charge on any atom is 0.325 e. The molecule has 2 aromatic rings. The molecular weight excluding hydrogens is 342 g/mol. The van der Waals surface area contributed by atoms with Crippen LogP contribution in [-0.2, 0) is 11.2 Å². The average molecular weight is 364 g/mol. The fraction of sp³-hybridized carbons (Fsp3) is 0.316. The number of halogens is 1. The molecule has 0 bridgehead atoms. The molecule has 6 heteroatoms. The van der Waals surface area contributed by atoms with Crippen molar-refractivity contribution in [3.63, 3.8) is 0 Å². The highest BCUT2D eigenvalue weighted by atomic mass is 35.5. The molecule has 2 atom stereocenters. The number of methoxy groups -OCH3 is 2. The molecule has 0 aliphatic heterocycles. The van der Waals surface area contributed by atoms with E-state index in [2.05, 4.69) is 5.32 Å². The highest BCUT2D eigenvalue weighted by Crippen LogP contribution is 2.28. The Morgan fingerprint density at radius 1 is 1.16 bits per heavy atom. The van der Waals surface area contributed by atoms with Crippen molar-refractivity contribution in [3.05, 3.63) is 58.6 Å². The van der Waals surface area contributed by atoms with Crippen LogP contribution in [-0.4, -0.2) is 31.3 Å². The van der Waals surface area contributed by atoms with Crippen LogP contribution in [0.15, 0.2) is 42.5 Å². The van der Waals surface area contributed by atoms with Gasteiger partial charge in [-0.1, -0.05) is 29.8 Å². The standard InChI is InChI=1S/C19H22ClNO4/c1-12(9-13-7-8-16(24-2)17(10-13)25-3)21-18(19(22)23)14-5-4-6-15(20)11-14/h4-8,10-12,18,21H,9H2,1-3H3,(H,22,23)/t12-,18?/m1/s1. The molecule has 0 spiro atoms. The van der Waals surface area contributed by atoms with Crippen molar-refractivity contribution >= 4 is 17.6 Å². The summed E-state index contributed by atoms with van der Waals surface area (Å²) in [4.78, 5) is 11.6. The molecule has 0 aliphatic carbocycles. The third-order valence-corrected chi connectivity index (χ3v) is 4.11. The summed E-state index contributed by atoms with van der Waals surface area (Å²) in [5, 5.41) is 13.2. The molecule has 2 N–H and O–H groups in total. The predicted octanol–water partition coefficient (Wildman–Crippen LogP) is 3.70. The quantitative estimate of drug-likeness (QED) is 0.748. The molecule has 2 rings (SSSR count). The maximum atomic E-state index is 11.6. The van der Waals surface area contributed by atoms with Crippen LogP contribution in [0.3, 0.4) is 0 Å². The van der Waals surface area contributed by atoms with Gasteiger partial charge in [0.15, 0.2) is 11.5 Å². The number of benzene rings is 2. The van der Waals surface area contributed by atoms with Crippen molar-refractivity contribution < 1.29 is 19.4 Å². The van der Waals surface area contributed by atoms with Gasteiger partial charge in [-0.25, -0.2) is 0 Å². The number of aliphatic carboxylic acids is 1. The number of ether oxygens (including phenoxy) is 2. The van der Waals surface area contributed by atoms with Crippen molar-refractivity contribution in [3.8, 4) is 11.5 Å². The van der Waals surface area contributed by atoms with Crippen LogP contribution in [0.1, 0.15) is 24.1 Å². The SMILES string of the molecule is COc1ccc(C[C@@H](C)NC(C(=O)O)c2cccc(Cl)c2)cc1OC. The van der Waals surface area contributed by atoms with Gasteiger partial charge < -0.3 is 14.6 Å².